The fourth-order valence-corrected chi connectivity index (χ4v) is 2.89. The van der Waals surface area contributed by atoms with Crippen LogP contribution in [0, 0.1) is 6.92 Å². The van der Waals surface area contributed by atoms with E-state index >= 15 is 0 Å². The third-order valence-electron chi connectivity index (χ3n) is 4.14. The van der Waals surface area contributed by atoms with Crippen LogP contribution in [0.5, 0.6) is 0 Å². The summed E-state index contributed by atoms with van der Waals surface area (Å²) in [6.07, 6.45) is 2.66. The highest BCUT2D eigenvalue weighted by atomic mass is 16.3. The Morgan fingerprint density at radius 1 is 0.957 bits per heavy atom. The van der Waals surface area contributed by atoms with Crippen LogP contribution in [0.3, 0.4) is 0 Å². The van der Waals surface area contributed by atoms with Crippen LogP contribution in [-0.2, 0) is 13.0 Å². The number of para-hydroxylation sites is 2. The maximum atomic E-state index is 5.57. The van der Waals surface area contributed by atoms with Gasteiger partial charge in [0.15, 0.2) is 11.6 Å². The zero-order chi connectivity index (χ0) is 15.6. The molecular formula is C20H18N2O. The van der Waals surface area contributed by atoms with Crippen molar-refractivity contribution in [1.29, 1.82) is 0 Å². The molecule has 2 aromatic carbocycles. The number of fused-ring (bicyclic) bond motifs is 1. The molecule has 0 aliphatic heterocycles. The Hall–Kier alpha value is -2.81. The predicted octanol–water partition coefficient (Wildman–Crippen LogP) is 4.85. The lowest BCUT2D eigenvalue weighted by Gasteiger charge is -2.08. The van der Waals surface area contributed by atoms with Gasteiger partial charge in [-0.2, -0.15) is 0 Å². The average Bonchev–Trinajstić information content (AvgIpc) is 3.22. The molecule has 2 heterocycles. The van der Waals surface area contributed by atoms with Crippen molar-refractivity contribution in [3.05, 3.63) is 78.1 Å². The molecule has 3 nitrogen and oxygen atoms in total. The number of aromatic nitrogens is 2. The van der Waals surface area contributed by atoms with Crippen molar-refractivity contribution in [1.82, 2.24) is 9.55 Å². The Morgan fingerprint density at radius 3 is 2.57 bits per heavy atom. The van der Waals surface area contributed by atoms with E-state index in [0.29, 0.717) is 0 Å². The maximum Gasteiger partial charge on any atom is 0.177 e. The van der Waals surface area contributed by atoms with E-state index in [1.807, 2.05) is 24.3 Å². The fraction of sp³-hybridized carbons (Fsp3) is 0.150. The molecule has 4 aromatic rings. The van der Waals surface area contributed by atoms with E-state index in [0.717, 1.165) is 35.6 Å². The Labute approximate surface area is 135 Å². The fourth-order valence-electron chi connectivity index (χ4n) is 2.89. The van der Waals surface area contributed by atoms with Crippen LogP contribution in [0.1, 0.15) is 11.1 Å². The van der Waals surface area contributed by atoms with Crippen molar-refractivity contribution in [2.24, 2.45) is 0 Å². The summed E-state index contributed by atoms with van der Waals surface area (Å²) in [6.45, 7) is 2.99. The summed E-state index contributed by atoms with van der Waals surface area (Å²) in [6, 6.07) is 20.8. The first kappa shape index (κ1) is 13.8. The SMILES string of the molecule is Cc1ccc(CCn2c(-c3ccco3)nc3ccccc32)cc1. The molecule has 4 rings (SSSR count). The molecular weight excluding hydrogens is 284 g/mol. The van der Waals surface area contributed by atoms with Crippen LogP contribution in [-0.4, -0.2) is 9.55 Å². The minimum Gasteiger partial charge on any atom is -0.461 e. The van der Waals surface area contributed by atoms with Gasteiger partial charge in [-0.05, 0) is 43.2 Å². The van der Waals surface area contributed by atoms with Gasteiger partial charge in [0.1, 0.15) is 0 Å². The van der Waals surface area contributed by atoms with E-state index in [-0.39, 0.29) is 0 Å². The van der Waals surface area contributed by atoms with Gasteiger partial charge in [-0.3, -0.25) is 0 Å². The molecule has 0 radical (unpaired) electrons. The molecule has 0 atom stereocenters. The highest BCUT2D eigenvalue weighted by Crippen LogP contribution is 2.25. The highest BCUT2D eigenvalue weighted by Gasteiger charge is 2.14. The third kappa shape index (κ3) is 2.66. The average molecular weight is 302 g/mol. The molecule has 0 amide bonds. The normalized spacial score (nSPS) is 11.2. The third-order valence-corrected chi connectivity index (χ3v) is 4.14. The molecule has 23 heavy (non-hydrogen) atoms. The predicted molar refractivity (Wildman–Crippen MR) is 92.3 cm³/mol. The quantitative estimate of drug-likeness (QED) is 0.539. The Balaban J connectivity index is 1.72. The van der Waals surface area contributed by atoms with Gasteiger partial charge in [0.25, 0.3) is 0 Å². The van der Waals surface area contributed by atoms with E-state index in [9.17, 15) is 0 Å². The van der Waals surface area contributed by atoms with Gasteiger partial charge in [-0.1, -0.05) is 42.0 Å². The second kappa shape index (κ2) is 5.76. The van der Waals surface area contributed by atoms with Gasteiger partial charge < -0.3 is 8.98 Å². The lowest BCUT2D eigenvalue weighted by molar-refractivity contribution is 0.569. The van der Waals surface area contributed by atoms with Crippen LogP contribution in [0.2, 0.25) is 0 Å². The van der Waals surface area contributed by atoms with Crippen molar-refractivity contribution < 1.29 is 4.42 Å². The minimum absolute atomic E-state index is 0.810. The smallest absolute Gasteiger partial charge is 0.177 e. The standard InChI is InChI=1S/C20H18N2O/c1-15-8-10-16(11-9-15)12-13-22-18-6-3-2-5-17(18)21-20(22)19-7-4-14-23-19/h2-11,14H,12-13H2,1H3. The van der Waals surface area contributed by atoms with E-state index in [2.05, 4.69) is 47.9 Å². The Morgan fingerprint density at radius 2 is 1.78 bits per heavy atom. The Bertz CT molecular complexity index is 918. The first-order valence-corrected chi connectivity index (χ1v) is 7.86. The second-order valence-corrected chi connectivity index (χ2v) is 5.79. The summed E-state index contributed by atoms with van der Waals surface area (Å²) in [5.41, 5.74) is 4.77. The first-order valence-electron chi connectivity index (χ1n) is 7.86. The van der Waals surface area contributed by atoms with Crippen LogP contribution >= 0.6 is 0 Å². The zero-order valence-electron chi connectivity index (χ0n) is 13.1. The number of aryl methyl sites for hydroxylation is 3. The van der Waals surface area contributed by atoms with Crippen molar-refractivity contribution >= 4 is 11.0 Å². The van der Waals surface area contributed by atoms with E-state index in [1.165, 1.54) is 11.1 Å². The molecule has 0 unspecified atom stereocenters. The van der Waals surface area contributed by atoms with Gasteiger partial charge in [-0.25, -0.2) is 4.98 Å². The number of hydrogen-bond donors (Lipinski definition) is 0. The summed E-state index contributed by atoms with van der Waals surface area (Å²) in [7, 11) is 0. The molecule has 0 fully saturated rings. The largest absolute Gasteiger partial charge is 0.461 e. The molecule has 0 bridgehead atoms. The molecule has 2 aromatic heterocycles. The molecule has 3 heteroatoms. The second-order valence-electron chi connectivity index (χ2n) is 5.79. The molecule has 0 aliphatic carbocycles. The lowest BCUT2D eigenvalue weighted by atomic mass is 10.1. The van der Waals surface area contributed by atoms with E-state index in [4.69, 9.17) is 9.40 Å². The molecule has 0 aliphatic rings. The van der Waals surface area contributed by atoms with Crippen LogP contribution in [0.4, 0.5) is 0 Å². The number of furan rings is 1. The Kier molecular flexibility index (Phi) is 3.46. The minimum atomic E-state index is 0.810. The molecule has 0 saturated heterocycles. The zero-order valence-corrected chi connectivity index (χ0v) is 13.1. The van der Waals surface area contributed by atoms with Crippen molar-refractivity contribution in [2.45, 2.75) is 19.9 Å². The molecule has 0 saturated carbocycles. The van der Waals surface area contributed by atoms with Gasteiger partial charge in [0.2, 0.25) is 0 Å². The summed E-state index contributed by atoms with van der Waals surface area (Å²) >= 11 is 0. The number of hydrogen-bond acceptors (Lipinski definition) is 2. The first-order chi connectivity index (χ1) is 11.3. The van der Waals surface area contributed by atoms with E-state index < -0.39 is 0 Å². The number of imidazole rings is 1. The number of nitrogens with zero attached hydrogens (tertiary/aromatic N) is 2. The van der Waals surface area contributed by atoms with Crippen molar-refractivity contribution in [3.8, 4) is 11.6 Å². The van der Waals surface area contributed by atoms with Gasteiger partial charge in [-0.15, -0.1) is 0 Å². The lowest BCUT2D eigenvalue weighted by Crippen LogP contribution is -2.03. The van der Waals surface area contributed by atoms with E-state index in [1.54, 1.807) is 6.26 Å². The van der Waals surface area contributed by atoms with Crippen molar-refractivity contribution in [2.75, 3.05) is 0 Å². The molecule has 0 N–H and O–H groups in total. The summed E-state index contributed by atoms with van der Waals surface area (Å²) < 4.78 is 7.82. The van der Waals surface area contributed by atoms with Gasteiger partial charge in [0, 0.05) is 6.54 Å². The van der Waals surface area contributed by atoms with Crippen LogP contribution < -0.4 is 0 Å². The summed E-state index contributed by atoms with van der Waals surface area (Å²) in [4.78, 5) is 4.75. The molecule has 114 valence electrons. The summed E-state index contributed by atoms with van der Waals surface area (Å²) in [5, 5.41) is 0. The highest BCUT2D eigenvalue weighted by molar-refractivity contribution is 5.79. The maximum absolute atomic E-state index is 5.57. The number of rotatable bonds is 4. The van der Waals surface area contributed by atoms with Crippen molar-refractivity contribution in [3.63, 3.8) is 0 Å². The monoisotopic (exact) mass is 302 g/mol. The van der Waals surface area contributed by atoms with Crippen LogP contribution in [0.15, 0.2) is 71.3 Å². The summed E-state index contributed by atoms with van der Waals surface area (Å²) in [5.74, 6) is 1.70. The van der Waals surface area contributed by atoms with Gasteiger partial charge in [0.05, 0.1) is 17.3 Å². The number of benzene rings is 2. The van der Waals surface area contributed by atoms with Crippen LogP contribution in [0.25, 0.3) is 22.6 Å². The topological polar surface area (TPSA) is 31.0 Å². The molecule has 0 spiro atoms. The van der Waals surface area contributed by atoms with Gasteiger partial charge >= 0.3 is 0 Å².